The molecule has 1 aliphatic rings. The molecular formula is C17H16N2OS2. The Kier molecular flexibility index (Phi) is 4.09. The zero-order valence-corrected chi connectivity index (χ0v) is 14.1. The van der Waals surface area contributed by atoms with E-state index >= 15 is 0 Å². The van der Waals surface area contributed by atoms with Gasteiger partial charge in [0.25, 0.3) is 5.91 Å². The van der Waals surface area contributed by atoms with Gasteiger partial charge in [0, 0.05) is 16.8 Å². The molecule has 3 rings (SSSR count). The third-order valence-corrected chi connectivity index (χ3v) is 5.22. The van der Waals surface area contributed by atoms with Gasteiger partial charge in [-0.15, -0.1) is 11.3 Å². The van der Waals surface area contributed by atoms with Crippen LogP contribution in [0.2, 0.25) is 0 Å². The molecule has 2 heterocycles. The van der Waals surface area contributed by atoms with Crippen LogP contribution in [0, 0.1) is 0 Å². The predicted octanol–water partition coefficient (Wildman–Crippen LogP) is 3.91. The van der Waals surface area contributed by atoms with Crippen LogP contribution >= 0.6 is 23.6 Å². The topological polar surface area (TPSA) is 23.6 Å². The van der Waals surface area contributed by atoms with Crippen LogP contribution in [0.1, 0.15) is 16.7 Å². The van der Waals surface area contributed by atoms with Gasteiger partial charge in [0.1, 0.15) is 5.70 Å². The average Bonchev–Trinajstić information content (AvgIpc) is 3.07. The molecule has 1 aromatic heterocycles. The Morgan fingerprint density at radius 3 is 2.55 bits per heavy atom. The lowest BCUT2D eigenvalue weighted by Crippen LogP contribution is -2.30. The number of likely N-dealkylation sites (N-methyl/N-ethyl adjacent to an activating group) is 1. The van der Waals surface area contributed by atoms with Crippen LogP contribution in [-0.2, 0) is 11.2 Å². The van der Waals surface area contributed by atoms with Crippen molar-refractivity contribution in [3.63, 3.8) is 0 Å². The number of hydrogen-bond donors (Lipinski definition) is 0. The lowest BCUT2D eigenvalue weighted by Gasteiger charge is -2.16. The number of carbonyl (C=O) groups is 1. The summed E-state index contributed by atoms with van der Waals surface area (Å²) in [4.78, 5) is 18.5. The van der Waals surface area contributed by atoms with Crippen LogP contribution in [0.25, 0.3) is 6.08 Å². The van der Waals surface area contributed by atoms with Gasteiger partial charge in [-0.05, 0) is 49.0 Å². The Hall–Kier alpha value is -1.98. The summed E-state index contributed by atoms with van der Waals surface area (Å²) in [6.07, 6.45) is 2.92. The van der Waals surface area contributed by atoms with E-state index in [2.05, 4.69) is 13.0 Å². The standard InChI is InChI=1S/C17H16N2OS2/c1-3-13-9-10-14(22-13)11-15-16(20)19(17(21)18(15)2)12-7-5-4-6-8-12/h4-11H,3H2,1-2H3/b15-11-. The first-order valence-electron chi connectivity index (χ1n) is 7.09. The van der Waals surface area contributed by atoms with E-state index in [-0.39, 0.29) is 5.91 Å². The highest BCUT2D eigenvalue weighted by Gasteiger charge is 2.36. The smallest absolute Gasteiger partial charge is 0.281 e. The number of benzene rings is 1. The van der Waals surface area contributed by atoms with E-state index in [9.17, 15) is 4.79 Å². The summed E-state index contributed by atoms with van der Waals surface area (Å²) >= 11 is 7.14. The van der Waals surface area contributed by atoms with Gasteiger partial charge in [-0.2, -0.15) is 0 Å². The maximum atomic E-state index is 12.7. The Morgan fingerprint density at radius 1 is 1.18 bits per heavy atom. The van der Waals surface area contributed by atoms with Crippen molar-refractivity contribution in [1.29, 1.82) is 0 Å². The summed E-state index contributed by atoms with van der Waals surface area (Å²) in [5.41, 5.74) is 1.41. The summed E-state index contributed by atoms with van der Waals surface area (Å²) in [6.45, 7) is 2.13. The van der Waals surface area contributed by atoms with Crippen LogP contribution in [0.5, 0.6) is 0 Å². The zero-order valence-electron chi connectivity index (χ0n) is 12.4. The van der Waals surface area contributed by atoms with Crippen molar-refractivity contribution in [2.75, 3.05) is 11.9 Å². The van der Waals surface area contributed by atoms with Gasteiger partial charge in [0.05, 0.1) is 5.69 Å². The molecule has 0 aliphatic carbocycles. The molecule has 1 aromatic carbocycles. The van der Waals surface area contributed by atoms with Crippen LogP contribution in [0.15, 0.2) is 48.2 Å². The summed E-state index contributed by atoms with van der Waals surface area (Å²) in [6, 6.07) is 13.7. The van der Waals surface area contributed by atoms with Crippen LogP contribution in [-0.4, -0.2) is 23.0 Å². The van der Waals surface area contributed by atoms with E-state index in [4.69, 9.17) is 12.2 Å². The summed E-state index contributed by atoms with van der Waals surface area (Å²) in [5.74, 6) is -0.0786. The van der Waals surface area contributed by atoms with Crippen molar-refractivity contribution < 1.29 is 4.79 Å². The van der Waals surface area contributed by atoms with Crippen molar-refractivity contribution in [1.82, 2.24) is 4.90 Å². The summed E-state index contributed by atoms with van der Waals surface area (Å²) < 4.78 is 0. The van der Waals surface area contributed by atoms with Crippen LogP contribution in [0.3, 0.4) is 0 Å². The second-order valence-electron chi connectivity index (χ2n) is 5.00. The molecule has 2 aromatic rings. The SMILES string of the molecule is CCc1ccc(/C=C2/C(=O)N(c3ccccc3)C(=S)N2C)s1. The molecule has 3 nitrogen and oxygen atoms in total. The molecule has 1 amide bonds. The van der Waals surface area contributed by atoms with E-state index in [1.807, 2.05) is 49.5 Å². The first kappa shape index (κ1) is 14.9. The van der Waals surface area contributed by atoms with E-state index in [1.54, 1.807) is 21.1 Å². The Bertz CT molecular complexity index is 749. The summed E-state index contributed by atoms with van der Waals surface area (Å²) in [5, 5.41) is 0.509. The number of aryl methyl sites for hydroxylation is 1. The molecule has 0 radical (unpaired) electrons. The minimum atomic E-state index is -0.0786. The molecule has 1 fully saturated rings. The second kappa shape index (κ2) is 6.02. The molecular weight excluding hydrogens is 312 g/mol. The van der Waals surface area contributed by atoms with Gasteiger partial charge in [-0.3, -0.25) is 9.69 Å². The highest BCUT2D eigenvalue weighted by atomic mass is 32.1. The molecule has 112 valence electrons. The monoisotopic (exact) mass is 328 g/mol. The number of carbonyl (C=O) groups excluding carboxylic acids is 1. The van der Waals surface area contributed by atoms with Gasteiger partial charge in [-0.1, -0.05) is 25.1 Å². The first-order chi connectivity index (χ1) is 10.6. The highest BCUT2D eigenvalue weighted by Crippen LogP contribution is 2.29. The minimum absolute atomic E-state index is 0.0786. The predicted molar refractivity (Wildman–Crippen MR) is 96.0 cm³/mol. The maximum Gasteiger partial charge on any atom is 0.281 e. The van der Waals surface area contributed by atoms with Gasteiger partial charge in [-0.25, -0.2) is 0 Å². The fraction of sp³-hybridized carbons (Fsp3) is 0.176. The van der Waals surface area contributed by atoms with Gasteiger partial charge in [0.15, 0.2) is 5.11 Å². The number of nitrogens with zero attached hydrogens (tertiary/aromatic N) is 2. The minimum Gasteiger partial charge on any atom is -0.317 e. The largest absolute Gasteiger partial charge is 0.317 e. The molecule has 0 unspecified atom stereocenters. The third-order valence-electron chi connectivity index (χ3n) is 3.59. The number of hydrogen-bond acceptors (Lipinski definition) is 3. The Balaban J connectivity index is 1.97. The third kappa shape index (κ3) is 2.58. The lowest BCUT2D eigenvalue weighted by molar-refractivity contribution is -0.114. The number of amides is 1. The van der Waals surface area contributed by atoms with Crippen molar-refractivity contribution >= 4 is 46.3 Å². The van der Waals surface area contributed by atoms with Gasteiger partial charge < -0.3 is 4.90 Å². The number of para-hydroxylation sites is 1. The molecule has 0 spiro atoms. The van der Waals surface area contributed by atoms with Crippen molar-refractivity contribution in [3.05, 3.63) is 57.9 Å². The highest BCUT2D eigenvalue weighted by molar-refractivity contribution is 7.80. The van der Waals surface area contributed by atoms with E-state index in [0.717, 1.165) is 17.0 Å². The van der Waals surface area contributed by atoms with E-state index < -0.39 is 0 Å². The maximum absolute atomic E-state index is 12.7. The number of anilines is 1. The Morgan fingerprint density at radius 2 is 1.91 bits per heavy atom. The van der Waals surface area contributed by atoms with E-state index in [1.165, 1.54) is 4.88 Å². The molecule has 5 heteroatoms. The van der Waals surface area contributed by atoms with Crippen LogP contribution < -0.4 is 4.90 Å². The fourth-order valence-corrected chi connectivity index (χ4v) is 3.53. The van der Waals surface area contributed by atoms with Gasteiger partial charge >= 0.3 is 0 Å². The number of thiocarbonyl (C=S) groups is 1. The lowest BCUT2D eigenvalue weighted by atomic mass is 10.3. The molecule has 0 N–H and O–H groups in total. The Labute approximate surface area is 139 Å². The van der Waals surface area contributed by atoms with E-state index in [0.29, 0.717) is 10.8 Å². The number of thiophene rings is 1. The molecule has 0 saturated carbocycles. The normalized spacial score (nSPS) is 16.9. The molecule has 1 saturated heterocycles. The fourth-order valence-electron chi connectivity index (χ4n) is 2.36. The average molecular weight is 328 g/mol. The van der Waals surface area contributed by atoms with Crippen molar-refractivity contribution in [2.45, 2.75) is 13.3 Å². The second-order valence-corrected chi connectivity index (χ2v) is 6.57. The summed E-state index contributed by atoms with van der Waals surface area (Å²) in [7, 11) is 1.84. The molecule has 0 atom stereocenters. The molecule has 1 aliphatic heterocycles. The van der Waals surface area contributed by atoms with Gasteiger partial charge in [0.2, 0.25) is 0 Å². The van der Waals surface area contributed by atoms with Crippen LogP contribution in [0.4, 0.5) is 5.69 Å². The van der Waals surface area contributed by atoms with Crippen molar-refractivity contribution in [3.8, 4) is 0 Å². The quantitative estimate of drug-likeness (QED) is 0.630. The zero-order chi connectivity index (χ0) is 15.7. The van der Waals surface area contributed by atoms with Crippen molar-refractivity contribution in [2.24, 2.45) is 0 Å². The number of rotatable bonds is 3. The molecule has 0 bridgehead atoms. The first-order valence-corrected chi connectivity index (χ1v) is 8.32. The molecule has 22 heavy (non-hydrogen) atoms.